The Bertz CT molecular complexity index is 1010. The van der Waals surface area contributed by atoms with Gasteiger partial charge in [0.05, 0.1) is 10.0 Å². The van der Waals surface area contributed by atoms with Crippen molar-refractivity contribution in [3.05, 3.63) is 81.2 Å². The zero-order chi connectivity index (χ0) is 19.0. The van der Waals surface area contributed by atoms with E-state index in [1.165, 1.54) is 11.3 Å². The van der Waals surface area contributed by atoms with Crippen LogP contribution in [0, 0.1) is 13.8 Å². The van der Waals surface area contributed by atoms with Crippen molar-refractivity contribution < 1.29 is 9.21 Å². The number of hydrogen-bond donors (Lipinski definition) is 1. The van der Waals surface area contributed by atoms with Gasteiger partial charge in [-0.1, -0.05) is 36.4 Å². The first-order valence-corrected chi connectivity index (χ1v) is 9.81. The van der Waals surface area contributed by atoms with Crippen molar-refractivity contribution in [2.45, 2.75) is 26.8 Å². The van der Waals surface area contributed by atoms with E-state index >= 15 is 0 Å². The predicted octanol–water partition coefficient (Wildman–Crippen LogP) is 5.47. The molecule has 1 aliphatic rings. The van der Waals surface area contributed by atoms with Gasteiger partial charge < -0.3 is 14.6 Å². The summed E-state index contributed by atoms with van der Waals surface area (Å²) >= 11 is 3.46. The van der Waals surface area contributed by atoms with Crippen LogP contribution in [0.25, 0.3) is 0 Å². The number of fused-ring (bicyclic) bond motifs is 1. The summed E-state index contributed by atoms with van der Waals surface area (Å²) in [6.07, 6.45) is 1.06. The van der Waals surface area contributed by atoms with Crippen molar-refractivity contribution in [2.24, 2.45) is 0 Å². The van der Waals surface area contributed by atoms with Crippen LogP contribution in [-0.4, -0.2) is 12.5 Å². The Kier molecular flexibility index (Phi) is 4.79. The van der Waals surface area contributed by atoms with Crippen LogP contribution in [0.15, 0.2) is 57.4 Å². The third kappa shape index (κ3) is 3.39. The molecule has 0 saturated carbocycles. The van der Waals surface area contributed by atoms with Crippen molar-refractivity contribution in [1.82, 2.24) is 0 Å². The highest BCUT2D eigenvalue weighted by Gasteiger charge is 2.22. The smallest absolute Gasteiger partial charge is 0.260 e. The molecule has 2 heterocycles. The molecule has 0 atom stereocenters. The summed E-state index contributed by atoms with van der Waals surface area (Å²) in [5, 5.41) is 3.06. The summed E-state index contributed by atoms with van der Waals surface area (Å²) in [7, 11) is 0. The second kappa shape index (κ2) is 7.24. The second-order valence-electron chi connectivity index (χ2n) is 6.81. The zero-order valence-corrected chi connectivity index (χ0v) is 17.0. The van der Waals surface area contributed by atoms with E-state index in [0.29, 0.717) is 21.6 Å². The third-order valence-corrected chi connectivity index (χ3v) is 5.98. The summed E-state index contributed by atoms with van der Waals surface area (Å²) in [6, 6.07) is 16.5. The molecule has 1 N–H and O–H groups in total. The fraction of sp³-hybridized carbons (Fsp3) is 0.227. The van der Waals surface area contributed by atoms with Crippen LogP contribution in [0.5, 0.6) is 0 Å². The molecule has 0 aliphatic carbocycles. The first-order chi connectivity index (χ1) is 13.0. The van der Waals surface area contributed by atoms with Crippen molar-refractivity contribution in [3.63, 3.8) is 0 Å². The van der Waals surface area contributed by atoms with Crippen molar-refractivity contribution in [3.8, 4) is 0 Å². The lowest BCUT2D eigenvalue weighted by Crippen LogP contribution is -2.21. The van der Waals surface area contributed by atoms with Gasteiger partial charge in [-0.15, -0.1) is 0 Å². The lowest BCUT2D eigenvalue weighted by Gasteiger charge is -2.21. The first-order valence-electron chi connectivity index (χ1n) is 9.02. The van der Waals surface area contributed by atoms with Gasteiger partial charge in [0.25, 0.3) is 5.91 Å². The molecule has 1 aromatic heterocycles. The number of nitrogens with one attached hydrogen (secondary N) is 1. The largest absolute Gasteiger partial charge is 0.465 e. The number of nitrogens with zero attached hydrogens (tertiary/aromatic N) is 1. The van der Waals surface area contributed by atoms with Gasteiger partial charge >= 0.3 is 0 Å². The Morgan fingerprint density at radius 2 is 1.85 bits per heavy atom. The zero-order valence-electron chi connectivity index (χ0n) is 15.4. The number of anilines is 2. The molecule has 1 amide bonds. The van der Waals surface area contributed by atoms with E-state index in [1.54, 1.807) is 6.92 Å². The number of aryl methyl sites for hydroxylation is 2. The van der Waals surface area contributed by atoms with E-state index in [-0.39, 0.29) is 5.91 Å². The number of furan rings is 1. The summed E-state index contributed by atoms with van der Waals surface area (Å²) in [5.41, 5.74) is 5.14. The summed E-state index contributed by atoms with van der Waals surface area (Å²) < 4.78 is 6.28. The third-order valence-electron chi connectivity index (χ3n) is 5.02. The Balaban J connectivity index is 1.58. The molecule has 0 unspecified atom stereocenters. The predicted molar refractivity (Wildman–Crippen MR) is 111 cm³/mol. The van der Waals surface area contributed by atoms with Crippen LogP contribution in [-0.2, 0) is 13.0 Å². The normalized spacial score (nSPS) is 12.9. The first kappa shape index (κ1) is 17.9. The maximum atomic E-state index is 12.8. The molecule has 5 heteroatoms. The van der Waals surface area contributed by atoms with Crippen molar-refractivity contribution in [1.29, 1.82) is 0 Å². The Morgan fingerprint density at radius 1 is 1.11 bits per heavy atom. The Morgan fingerprint density at radius 3 is 2.63 bits per heavy atom. The fourth-order valence-electron chi connectivity index (χ4n) is 3.66. The highest BCUT2D eigenvalue weighted by Crippen LogP contribution is 2.31. The number of amides is 1. The van der Waals surface area contributed by atoms with E-state index in [1.807, 2.05) is 25.1 Å². The van der Waals surface area contributed by atoms with E-state index in [4.69, 9.17) is 4.42 Å². The number of carbonyl (C=O) groups is 1. The van der Waals surface area contributed by atoms with Gasteiger partial charge in [0.2, 0.25) is 0 Å². The highest BCUT2D eigenvalue weighted by molar-refractivity contribution is 9.10. The van der Waals surface area contributed by atoms with E-state index in [0.717, 1.165) is 30.8 Å². The molecule has 4 nitrogen and oxygen atoms in total. The van der Waals surface area contributed by atoms with Gasteiger partial charge in [0, 0.05) is 24.5 Å². The van der Waals surface area contributed by atoms with E-state index in [2.05, 4.69) is 56.5 Å². The van der Waals surface area contributed by atoms with Crippen molar-refractivity contribution in [2.75, 3.05) is 16.8 Å². The topological polar surface area (TPSA) is 45.5 Å². The molecule has 0 bridgehead atoms. The fourth-order valence-corrected chi connectivity index (χ4v) is 4.20. The molecule has 4 rings (SSSR count). The summed E-state index contributed by atoms with van der Waals surface area (Å²) in [4.78, 5) is 15.2. The van der Waals surface area contributed by atoms with Crippen LogP contribution in [0.3, 0.4) is 0 Å². The van der Waals surface area contributed by atoms with Gasteiger partial charge in [-0.2, -0.15) is 0 Å². The van der Waals surface area contributed by atoms with Crippen LogP contribution < -0.4 is 10.2 Å². The molecule has 1 aliphatic heterocycles. The lowest BCUT2D eigenvalue weighted by atomic mass is 10.1. The van der Waals surface area contributed by atoms with E-state index < -0.39 is 0 Å². The molecule has 138 valence electrons. The van der Waals surface area contributed by atoms with Gasteiger partial charge in [-0.3, -0.25) is 4.79 Å². The molecule has 2 aromatic carbocycles. The Hall–Kier alpha value is -2.53. The molecule has 0 fully saturated rings. The minimum absolute atomic E-state index is 0.162. The molecule has 27 heavy (non-hydrogen) atoms. The molecular formula is C22H21BrN2O2. The van der Waals surface area contributed by atoms with Crippen LogP contribution in [0.4, 0.5) is 11.4 Å². The maximum Gasteiger partial charge on any atom is 0.260 e. The quantitative estimate of drug-likeness (QED) is 0.603. The van der Waals surface area contributed by atoms with E-state index in [9.17, 15) is 4.79 Å². The summed E-state index contributed by atoms with van der Waals surface area (Å²) in [6.45, 7) is 5.40. The number of benzene rings is 2. The molecular weight excluding hydrogens is 404 g/mol. The standard InChI is InChI=1S/C22H21BrN2O2/c1-14-20(21(23)15(2)27-14)22(26)24-18-9-5-3-8-17(18)13-25-12-11-16-7-4-6-10-19(16)25/h3-10H,11-13H2,1-2H3,(H,24,26). The minimum atomic E-state index is -0.162. The Labute approximate surface area is 167 Å². The molecule has 0 radical (unpaired) electrons. The average molecular weight is 425 g/mol. The van der Waals surface area contributed by atoms with Crippen LogP contribution >= 0.6 is 15.9 Å². The lowest BCUT2D eigenvalue weighted by molar-refractivity contribution is 0.102. The monoisotopic (exact) mass is 424 g/mol. The minimum Gasteiger partial charge on any atom is -0.465 e. The van der Waals surface area contributed by atoms with Crippen LogP contribution in [0.1, 0.15) is 33.0 Å². The van der Waals surface area contributed by atoms with Gasteiger partial charge in [0.15, 0.2) is 0 Å². The average Bonchev–Trinajstić information content (AvgIpc) is 3.17. The number of para-hydroxylation sites is 2. The van der Waals surface area contributed by atoms with Gasteiger partial charge in [-0.25, -0.2) is 0 Å². The summed E-state index contributed by atoms with van der Waals surface area (Å²) in [5.74, 6) is 1.16. The van der Waals surface area contributed by atoms with Crippen molar-refractivity contribution >= 4 is 33.2 Å². The number of hydrogen-bond acceptors (Lipinski definition) is 3. The van der Waals surface area contributed by atoms with Gasteiger partial charge in [-0.05, 0) is 59.5 Å². The number of carbonyl (C=O) groups excluding carboxylic acids is 1. The van der Waals surface area contributed by atoms with Gasteiger partial charge in [0.1, 0.15) is 11.5 Å². The highest BCUT2D eigenvalue weighted by atomic mass is 79.9. The SMILES string of the molecule is Cc1oc(C)c(C(=O)Nc2ccccc2CN2CCc3ccccc32)c1Br. The van der Waals surface area contributed by atoms with Crippen LogP contribution in [0.2, 0.25) is 0 Å². The molecule has 0 spiro atoms. The number of halogens is 1. The second-order valence-corrected chi connectivity index (χ2v) is 7.61. The number of rotatable bonds is 4. The maximum absolute atomic E-state index is 12.8. The molecule has 3 aromatic rings. The molecule has 0 saturated heterocycles.